The first-order chi connectivity index (χ1) is 18.4. The average molecular weight is 524 g/mol. The fourth-order valence-electron chi connectivity index (χ4n) is 4.04. The molecule has 0 radical (unpaired) electrons. The van der Waals surface area contributed by atoms with Gasteiger partial charge >= 0.3 is 11.6 Å². The van der Waals surface area contributed by atoms with E-state index in [0.29, 0.717) is 30.1 Å². The Morgan fingerprint density at radius 2 is 1.55 bits per heavy atom. The molecule has 0 spiro atoms. The predicted octanol–water partition coefficient (Wildman–Crippen LogP) is 7.34. The molecule has 0 bridgehead atoms. The summed E-state index contributed by atoms with van der Waals surface area (Å²) >= 11 is 0. The lowest BCUT2D eigenvalue weighted by Crippen LogP contribution is -2.26. The maximum absolute atomic E-state index is 12.7. The second-order valence-corrected chi connectivity index (χ2v) is 10.3. The van der Waals surface area contributed by atoms with Crippen molar-refractivity contribution in [3.63, 3.8) is 0 Å². The number of methoxy groups -OCH3 is 1. The molecule has 0 fully saturated rings. The zero-order valence-electron chi connectivity index (χ0n) is 23.2. The SMILES string of the molecule is CCC(C)(C)C(=O)OCCCCCCCCCCOc1cncc2cc(-c3ccc(OC)cc3)c(=O)oc12. The Morgan fingerprint density at radius 1 is 0.921 bits per heavy atom. The summed E-state index contributed by atoms with van der Waals surface area (Å²) < 4.78 is 22.1. The Hall–Kier alpha value is -3.35. The zero-order valence-corrected chi connectivity index (χ0v) is 23.2. The minimum Gasteiger partial charge on any atom is -0.497 e. The molecule has 0 aliphatic carbocycles. The van der Waals surface area contributed by atoms with Crippen LogP contribution in [-0.2, 0) is 9.53 Å². The van der Waals surface area contributed by atoms with Crippen LogP contribution in [0.15, 0.2) is 51.9 Å². The van der Waals surface area contributed by atoms with Crippen LogP contribution >= 0.6 is 0 Å². The summed E-state index contributed by atoms with van der Waals surface area (Å²) in [5.74, 6) is 1.12. The summed E-state index contributed by atoms with van der Waals surface area (Å²) in [6.45, 7) is 6.93. The van der Waals surface area contributed by atoms with E-state index in [4.69, 9.17) is 18.6 Å². The molecule has 0 saturated carbocycles. The maximum Gasteiger partial charge on any atom is 0.344 e. The number of nitrogens with zero attached hydrogens (tertiary/aromatic N) is 1. The number of aromatic nitrogens is 1. The van der Waals surface area contributed by atoms with Gasteiger partial charge in [-0.15, -0.1) is 0 Å². The van der Waals surface area contributed by atoms with Crippen molar-refractivity contribution >= 4 is 16.9 Å². The fraction of sp³-hybridized carbons (Fsp3) is 0.516. The number of esters is 1. The van der Waals surface area contributed by atoms with Gasteiger partial charge in [-0.1, -0.05) is 57.6 Å². The first kappa shape index (κ1) is 29.2. The molecule has 0 N–H and O–H groups in total. The van der Waals surface area contributed by atoms with Crippen LogP contribution in [0.1, 0.15) is 78.6 Å². The van der Waals surface area contributed by atoms with Crippen LogP contribution in [0.3, 0.4) is 0 Å². The van der Waals surface area contributed by atoms with E-state index < -0.39 is 5.63 Å². The highest BCUT2D eigenvalue weighted by Gasteiger charge is 2.26. The van der Waals surface area contributed by atoms with Crippen molar-refractivity contribution in [3.8, 4) is 22.6 Å². The minimum atomic E-state index is -0.415. The van der Waals surface area contributed by atoms with Gasteiger partial charge in [-0.2, -0.15) is 0 Å². The van der Waals surface area contributed by atoms with Gasteiger partial charge in [0.2, 0.25) is 0 Å². The minimum absolute atomic E-state index is 0.0954. The van der Waals surface area contributed by atoms with Crippen molar-refractivity contribution < 1.29 is 23.4 Å². The number of ether oxygens (including phenoxy) is 3. The molecule has 0 saturated heterocycles. The predicted molar refractivity (Wildman–Crippen MR) is 150 cm³/mol. The Labute approximate surface area is 225 Å². The number of carbonyl (C=O) groups is 1. The second kappa shape index (κ2) is 14.6. The van der Waals surface area contributed by atoms with Gasteiger partial charge in [0.15, 0.2) is 11.3 Å². The molecular formula is C31H41NO6. The molecule has 3 rings (SSSR count). The Balaban J connectivity index is 1.34. The van der Waals surface area contributed by atoms with Crippen molar-refractivity contribution in [2.24, 2.45) is 5.41 Å². The Morgan fingerprint density at radius 3 is 2.18 bits per heavy atom. The van der Waals surface area contributed by atoms with Crippen LogP contribution in [0.2, 0.25) is 0 Å². The summed E-state index contributed by atoms with van der Waals surface area (Å²) in [4.78, 5) is 28.9. The average Bonchev–Trinajstić information content (AvgIpc) is 2.93. The van der Waals surface area contributed by atoms with Crippen molar-refractivity contribution in [1.82, 2.24) is 4.98 Å². The van der Waals surface area contributed by atoms with E-state index in [2.05, 4.69) is 4.98 Å². The molecule has 2 heterocycles. The molecule has 1 aromatic carbocycles. The van der Waals surface area contributed by atoms with Crippen molar-refractivity contribution in [3.05, 3.63) is 53.1 Å². The van der Waals surface area contributed by atoms with Crippen LogP contribution in [0.25, 0.3) is 22.1 Å². The molecule has 0 aliphatic rings. The molecule has 206 valence electrons. The standard InChI is InChI=1S/C31H41NO6/c1-5-31(2,3)30(34)37-19-13-11-9-7-6-8-10-12-18-36-27-22-32-21-24-20-26(29(33)38-28(24)27)23-14-16-25(35-4)17-15-23/h14-17,20-22H,5-13,18-19H2,1-4H3. The molecule has 7 nitrogen and oxygen atoms in total. The van der Waals surface area contributed by atoms with Crippen molar-refractivity contribution in [2.75, 3.05) is 20.3 Å². The van der Waals surface area contributed by atoms with Crippen molar-refractivity contribution in [1.29, 1.82) is 0 Å². The van der Waals surface area contributed by atoms with Gasteiger partial charge < -0.3 is 18.6 Å². The van der Waals surface area contributed by atoms with E-state index in [1.54, 1.807) is 25.6 Å². The number of benzene rings is 1. The third-order valence-corrected chi connectivity index (χ3v) is 6.97. The number of unbranched alkanes of at least 4 members (excludes halogenated alkanes) is 7. The second-order valence-electron chi connectivity index (χ2n) is 10.3. The van der Waals surface area contributed by atoms with E-state index in [0.717, 1.165) is 61.6 Å². The molecule has 3 aromatic rings. The van der Waals surface area contributed by atoms with E-state index in [-0.39, 0.29) is 11.4 Å². The van der Waals surface area contributed by atoms with Gasteiger partial charge in [0, 0.05) is 11.6 Å². The highest BCUT2D eigenvalue weighted by molar-refractivity contribution is 5.85. The molecule has 38 heavy (non-hydrogen) atoms. The third-order valence-electron chi connectivity index (χ3n) is 6.97. The molecule has 0 amide bonds. The van der Waals surface area contributed by atoms with Gasteiger partial charge in [-0.05, 0) is 56.9 Å². The normalized spacial score (nSPS) is 11.5. The van der Waals surface area contributed by atoms with Gasteiger partial charge in [0.25, 0.3) is 0 Å². The topological polar surface area (TPSA) is 87.9 Å². The number of hydrogen-bond acceptors (Lipinski definition) is 7. The van der Waals surface area contributed by atoms with Crippen molar-refractivity contribution in [2.45, 2.75) is 78.6 Å². The Bertz CT molecular complexity index is 1220. The number of pyridine rings is 1. The number of fused-ring (bicyclic) bond motifs is 1. The molecular weight excluding hydrogens is 482 g/mol. The highest BCUT2D eigenvalue weighted by Crippen LogP contribution is 2.28. The number of rotatable bonds is 16. The van der Waals surface area contributed by atoms with Gasteiger partial charge in [-0.25, -0.2) is 4.79 Å². The lowest BCUT2D eigenvalue weighted by molar-refractivity contribution is -0.154. The van der Waals surface area contributed by atoms with Gasteiger partial charge in [-0.3, -0.25) is 9.78 Å². The number of hydrogen-bond donors (Lipinski definition) is 0. The van der Waals surface area contributed by atoms with E-state index in [9.17, 15) is 9.59 Å². The largest absolute Gasteiger partial charge is 0.497 e. The number of carbonyl (C=O) groups excluding carboxylic acids is 1. The lowest BCUT2D eigenvalue weighted by atomic mass is 9.91. The molecule has 0 unspecified atom stereocenters. The summed E-state index contributed by atoms with van der Waals surface area (Å²) in [6, 6.07) is 9.07. The van der Waals surface area contributed by atoms with E-state index in [1.165, 1.54) is 12.8 Å². The quantitative estimate of drug-likeness (QED) is 0.143. The van der Waals surface area contributed by atoms with Crippen LogP contribution < -0.4 is 15.1 Å². The van der Waals surface area contributed by atoms with E-state index >= 15 is 0 Å². The van der Waals surface area contributed by atoms with Crippen LogP contribution in [-0.4, -0.2) is 31.3 Å². The molecule has 2 aromatic heterocycles. The molecule has 0 aliphatic heterocycles. The fourth-order valence-corrected chi connectivity index (χ4v) is 4.04. The maximum atomic E-state index is 12.7. The smallest absolute Gasteiger partial charge is 0.344 e. The summed E-state index contributed by atoms with van der Waals surface area (Å²) in [5, 5.41) is 0.719. The van der Waals surface area contributed by atoms with Crippen LogP contribution in [0.4, 0.5) is 0 Å². The molecule has 0 atom stereocenters. The summed E-state index contributed by atoms with van der Waals surface area (Å²) in [7, 11) is 1.60. The summed E-state index contributed by atoms with van der Waals surface area (Å²) in [5.41, 5.74) is 0.851. The first-order valence-corrected chi connectivity index (χ1v) is 13.7. The van der Waals surface area contributed by atoms with E-state index in [1.807, 2.05) is 45.0 Å². The van der Waals surface area contributed by atoms with Gasteiger partial charge in [0.1, 0.15) is 5.75 Å². The summed E-state index contributed by atoms with van der Waals surface area (Å²) in [6.07, 6.45) is 12.7. The lowest BCUT2D eigenvalue weighted by Gasteiger charge is -2.20. The third kappa shape index (κ3) is 8.33. The first-order valence-electron chi connectivity index (χ1n) is 13.7. The van der Waals surface area contributed by atoms with Gasteiger partial charge in [0.05, 0.1) is 37.5 Å². The highest BCUT2D eigenvalue weighted by atomic mass is 16.5. The Kier molecular flexibility index (Phi) is 11.2. The van der Waals surface area contributed by atoms with Crippen LogP contribution in [0.5, 0.6) is 11.5 Å². The van der Waals surface area contributed by atoms with Crippen LogP contribution in [0, 0.1) is 5.41 Å². The monoisotopic (exact) mass is 523 g/mol. The zero-order chi connectivity index (χ0) is 27.4. The molecule has 7 heteroatoms.